The number of esters is 1. The Morgan fingerprint density at radius 2 is 2.02 bits per heavy atom. The fourth-order valence-corrected chi connectivity index (χ4v) is 9.52. The maximum Gasteiger partial charge on any atom is 0.308 e. The molecule has 6 rings (SSSR count). The molecule has 0 aromatic heterocycles. The molecule has 2 heterocycles. The van der Waals surface area contributed by atoms with Gasteiger partial charge in [-0.05, 0) is 57.4 Å². The van der Waals surface area contributed by atoms with Gasteiger partial charge in [-0.2, -0.15) is 0 Å². The van der Waals surface area contributed by atoms with E-state index >= 15 is 0 Å². The summed E-state index contributed by atoms with van der Waals surface area (Å²) in [6, 6.07) is 1.80. The quantitative estimate of drug-likeness (QED) is 0.165. The Labute approximate surface area is 245 Å². The SMILES string of the molecule is C=CCN1CC[C@]23c4c5c(O)cc(OC(C)=O)c4O[C@H]2[C@H](N(CC)C(=O)CCCCC2CCCCC2)CC[C@H]3[C@H]1C5. The first kappa shape index (κ1) is 28.6. The van der Waals surface area contributed by atoms with Crippen LogP contribution in [0.5, 0.6) is 17.2 Å². The van der Waals surface area contributed by atoms with Gasteiger partial charge >= 0.3 is 5.97 Å². The van der Waals surface area contributed by atoms with Crippen molar-refractivity contribution in [2.45, 2.75) is 121 Å². The predicted molar refractivity (Wildman–Crippen MR) is 158 cm³/mol. The highest BCUT2D eigenvalue weighted by atomic mass is 16.6. The average Bonchev–Trinajstić information content (AvgIpc) is 3.30. The van der Waals surface area contributed by atoms with Crippen molar-refractivity contribution in [3.8, 4) is 17.2 Å². The molecule has 7 heteroatoms. The number of benzene rings is 1. The summed E-state index contributed by atoms with van der Waals surface area (Å²) < 4.78 is 12.5. The number of likely N-dealkylation sites (N-methyl/N-ethyl adjacent to an activating group) is 1. The van der Waals surface area contributed by atoms with Crippen molar-refractivity contribution < 1.29 is 24.2 Å². The van der Waals surface area contributed by atoms with Gasteiger partial charge in [-0.15, -0.1) is 6.58 Å². The van der Waals surface area contributed by atoms with Crippen molar-refractivity contribution in [3.05, 3.63) is 29.8 Å². The van der Waals surface area contributed by atoms with Crippen LogP contribution in [0.3, 0.4) is 0 Å². The van der Waals surface area contributed by atoms with Crippen LogP contribution in [0, 0.1) is 11.8 Å². The van der Waals surface area contributed by atoms with Crippen LogP contribution in [0.4, 0.5) is 0 Å². The van der Waals surface area contributed by atoms with Crippen molar-refractivity contribution in [2.24, 2.45) is 11.8 Å². The molecular weight excluding hydrogens is 516 g/mol. The summed E-state index contributed by atoms with van der Waals surface area (Å²) in [4.78, 5) is 30.4. The van der Waals surface area contributed by atoms with Crippen LogP contribution in [0.15, 0.2) is 18.7 Å². The largest absolute Gasteiger partial charge is 0.508 e. The van der Waals surface area contributed by atoms with E-state index in [-0.39, 0.29) is 35.3 Å². The monoisotopic (exact) mass is 564 g/mol. The van der Waals surface area contributed by atoms with Crippen LogP contribution in [-0.4, -0.2) is 64.6 Å². The second kappa shape index (κ2) is 11.6. The topological polar surface area (TPSA) is 79.3 Å². The van der Waals surface area contributed by atoms with Crippen LogP contribution in [0.1, 0.15) is 102 Å². The molecule has 1 saturated heterocycles. The molecule has 1 aromatic carbocycles. The summed E-state index contributed by atoms with van der Waals surface area (Å²) in [6.45, 7) is 9.86. The molecule has 2 aliphatic heterocycles. The van der Waals surface area contributed by atoms with Crippen molar-refractivity contribution in [2.75, 3.05) is 19.6 Å². The van der Waals surface area contributed by atoms with Crippen LogP contribution in [0.25, 0.3) is 0 Å². The molecule has 41 heavy (non-hydrogen) atoms. The molecule has 1 N–H and O–H groups in total. The van der Waals surface area contributed by atoms with Gasteiger partial charge in [0.05, 0.1) is 6.04 Å². The highest BCUT2D eigenvalue weighted by Gasteiger charge is 2.67. The summed E-state index contributed by atoms with van der Waals surface area (Å²) in [7, 11) is 0. The van der Waals surface area contributed by atoms with Crippen LogP contribution in [0.2, 0.25) is 0 Å². The van der Waals surface area contributed by atoms with Crippen LogP contribution < -0.4 is 9.47 Å². The molecule has 2 saturated carbocycles. The summed E-state index contributed by atoms with van der Waals surface area (Å²) in [5, 5.41) is 11.2. The van der Waals surface area contributed by atoms with E-state index in [9.17, 15) is 14.7 Å². The Morgan fingerprint density at radius 1 is 1.22 bits per heavy atom. The molecule has 5 atom stereocenters. The minimum Gasteiger partial charge on any atom is -0.508 e. The number of likely N-dealkylation sites (tertiary alicyclic amines) is 1. The number of phenols is 1. The van der Waals surface area contributed by atoms with Gasteiger partial charge in [-0.3, -0.25) is 14.5 Å². The zero-order valence-corrected chi connectivity index (χ0v) is 25.0. The third kappa shape index (κ3) is 4.86. The van der Waals surface area contributed by atoms with E-state index in [0.717, 1.165) is 68.7 Å². The molecular formula is C34H48N2O5. The van der Waals surface area contributed by atoms with E-state index in [4.69, 9.17) is 9.47 Å². The second-order valence-electron chi connectivity index (χ2n) is 13.2. The molecule has 3 fully saturated rings. The fourth-order valence-electron chi connectivity index (χ4n) is 9.52. The Kier molecular flexibility index (Phi) is 8.10. The van der Waals surface area contributed by atoms with Gasteiger partial charge in [-0.25, -0.2) is 0 Å². The summed E-state index contributed by atoms with van der Waals surface area (Å²) in [6.07, 6.45) is 16.1. The third-order valence-corrected chi connectivity index (χ3v) is 11.1. The number of hydrogen-bond donors (Lipinski definition) is 1. The Hall–Kier alpha value is -2.54. The average molecular weight is 565 g/mol. The zero-order chi connectivity index (χ0) is 28.7. The maximum atomic E-state index is 13.8. The number of hydrogen-bond acceptors (Lipinski definition) is 6. The first-order valence-electron chi connectivity index (χ1n) is 16.3. The van der Waals surface area contributed by atoms with E-state index in [1.54, 1.807) is 6.07 Å². The zero-order valence-electron chi connectivity index (χ0n) is 25.0. The van der Waals surface area contributed by atoms with Crippen molar-refractivity contribution in [3.63, 3.8) is 0 Å². The van der Waals surface area contributed by atoms with Crippen LogP contribution in [-0.2, 0) is 21.4 Å². The molecule has 3 aliphatic carbocycles. The fraction of sp³-hybridized carbons (Fsp3) is 0.706. The first-order valence-corrected chi connectivity index (χ1v) is 16.3. The lowest BCUT2D eigenvalue weighted by atomic mass is 9.50. The molecule has 0 unspecified atom stereocenters. The number of rotatable bonds is 10. The number of amides is 1. The van der Waals surface area contributed by atoms with E-state index in [1.165, 1.54) is 45.4 Å². The van der Waals surface area contributed by atoms with Crippen molar-refractivity contribution in [1.82, 2.24) is 9.80 Å². The van der Waals surface area contributed by atoms with Crippen molar-refractivity contribution in [1.29, 1.82) is 0 Å². The van der Waals surface area contributed by atoms with E-state index in [1.807, 2.05) is 6.08 Å². The molecule has 7 nitrogen and oxygen atoms in total. The van der Waals surface area contributed by atoms with Gasteiger partial charge in [0.1, 0.15) is 11.9 Å². The molecule has 1 aromatic rings. The first-order chi connectivity index (χ1) is 19.9. The summed E-state index contributed by atoms with van der Waals surface area (Å²) in [5.41, 5.74) is 1.65. The normalized spacial score (nSPS) is 30.3. The van der Waals surface area contributed by atoms with Crippen molar-refractivity contribution >= 4 is 11.9 Å². The minimum atomic E-state index is -0.433. The highest BCUT2D eigenvalue weighted by Crippen LogP contribution is 2.65. The Morgan fingerprint density at radius 3 is 2.76 bits per heavy atom. The van der Waals surface area contributed by atoms with Gasteiger partial charge in [0.15, 0.2) is 11.5 Å². The maximum absolute atomic E-state index is 13.8. The molecule has 224 valence electrons. The van der Waals surface area contributed by atoms with E-state index < -0.39 is 5.97 Å². The number of carbonyl (C=O) groups excluding carboxylic acids is 2. The molecule has 5 aliphatic rings. The lowest BCUT2D eigenvalue weighted by Gasteiger charge is -2.60. The number of aromatic hydroxyl groups is 1. The molecule has 2 bridgehead atoms. The Bertz CT molecular complexity index is 1180. The van der Waals surface area contributed by atoms with E-state index in [2.05, 4.69) is 23.3 Å². The number of carbonyl (C=O) groups is 2. The molecule has 0 radical (unpaired) electrons. The third-order valence-electron chi connectivity index (χ3n) is 11.1. The standard InChI is InChI=1S/C34H48N2O5/c1-4-18-35-19-17-34-25-15-16-26(36(5-2)30(39)14-10-9-13-23-11-7-6-8-12-23)33(34)41-32-29(40-22(3)37)21-28(38)24(31(32)34)20-27(25)35/h4,21,23,25-27,33,38H,1,5-20H2,2-3H3/t25-,26+,27+,33-,34-/m0/s1. The van der Waals surface area contributed by atoms with Gasteiger partial charge in [0.25, 0.3) is 0 Å². The number of ether oxygens (including phenoxy) is 2. The lowest BCUT2D eigenvalue weighted by Crippen LogP contribution is -2.69. The summed E-state index contributed by atoms with van der Waals surface area (Å²) >= 11 is 0. The highest BCUT2D eigenvalue weighted by molar-refractivity contribution is 5.77. The van der Waals surface area contributed by atoms with Gasteiger partial charge in [0.2, 0.25) is 5.91 Å². The number of phenolic OH excluding ortho intramolecular Hbond substituents is 1. The van der Waals surface area contributed by atoms with Gasteiger partial charge < -0.3 is 19.5 Å². The summed E-state index contributed by atoms with van der Waals surface area (Å²) in [5.74, 6) is 2.09. The molecule has 1 spiro atoms. The minimum absolute atomic E-state index is 0.0423. The van der Waals surface area contributed by atoms with Crippen LogP contribution >= 0.6 is 0 Å². The Balaban J connectivity index is 1.28. The lowest BCUT2D eigenvalue weighted by molar-refractivity contribution is -0.142. The smallest absolute Gasteiger partial charge is 0.308 e. The number of nitrogens with zero attached hydrogens (tertiary/aromatic N) is 2. The molecule has 1 amide bonds. The second-order valence-corrected chi connectivity index (χ2v) is 13.2. The number of piperidine rings is 1. The predicted octanol–water partition coefficient (Wildman–Crippen LogP) is 5.90. The number of unbranched alkanes of at least 4 members (excludes halogenated alkanes) is 1. The van der Waals surface area contributed by atoms with E-state index in [0.29, 0.717) is 30.4 Å². The van der Waals surface area contributed by atoms with Gasteiger partial charge in [0, 0.05) is 55.1 Å². The van der Waals surface area contributed by atoms with Gasteiger partial charge in [-0.1, -0.05) is 51.0 Å².